The number of nitrogens with zero attached hydrogens (tertiary/aromatic N) is 1. The Morgan fingerprint density at radius 2 is 1.96 bits per heavy atom. The van der Waals surface area contributed by atoms with Gasteiger partial charge in [-0.25, -0.2) is 8.42 Å². The molecule has 1 aliphatic heterocycles. The molecule has 1 saturated heterocycles. The van der Waals surface area contributed by atoms with E-state index in [4.69, 9.17) is 4.74 Å². The van der Waals surface area contributed by atoms with Gasteiger partial charge in [-0.05, 0) is 49.6 Å². The van der Waals surface area contributed by atoms with Crippen LogP contribution in [0.15, 0.2) is 34.5 Å². The number of ether oxygens (including phenoxy) is 1. The number of methoxy groups -OCH3 is 1. The maximum Gasteiger partial charge on any atom is 0.271 e. The van der Waals surface area contributed by atoms with Crippen molar-refractivity contribution in [1.29, 1.82) is 0 Å². The lowest BCUT2D eigenvalue weighted by molar-refractivity contribution is -0.129. The van der Waals surface area contributed by atoms with Gasteiger partial charge in [0.25, 0.3) is 10.0 Å². The van der Waals surface area contributed by atoms with Gasteiger partial charge in [-0.15, -0.1) is 11.3 Å². The molecule has 1 N–H and O–H groups in total. The molecule has 1 aromatic carbocycles. The van der Waals surface area contributed by atoms with Crippen LogP contribution in [0, 0.1) is 6.92 Å². The minimum absolute atomic E-state index is 0.0570. The summed E-state index contributed by atoms with van der Waals surface area (Å²) in [6.07, 6.45) is 2.32. The fraction of sp³-hybridized carbons (Fsp3) is 0.389. The molecule has 0 atom stereocenters. The molecule has 1 aromatic heterocycles. The molecule has 1 fully saturated rings. The first-order chi connectivity index (χ1) is 12.4. The number of carbonyl (C=O) groups is 1. The fourth-order valence-electron chi connectivity index (χ4n) is 2.92. The lowest BCUT2D eigenvalue weighted by Crippen LogP contribution is -2.28. The average molecular weight is 395 g/mol. The SMILES string of the molecule is COc1ccc(C)cc1NS(=O)(=O)c1ccc(CC(=O)N2CCCC2)s1. The molecule has 26 heavy (non-hydrogen) atoms. The summed E-state index contributed by atoms with van der Waals surface area (Å²) in [6.45, 7) is 3.47. The lowest BCUT2D eigenvalue weighted by atomic mass is 10.2. The Kier molecular flexibility index (Phi) is 5.52. The summed E-state index contributed by atoms with van der Waals surface area (Å²) in [7, 11) is -2.24. The van der Waals surface area contributed by atoms with Crippen LogP contribution in [0.25, 0.3) is 0 Å². The predicted molar refractivity (Wildman–Crippen MR) is 102 cm³/mol. The van der Waals surface area contributed by atoms with Gasteiger partial charge in [0.05, 0.1) is 19.2 Å². The minimum Gasteiger partial charge on any atom is -0.495 e. The first-order valence-corrected chi connectivity index (χ1v) is 10.7. The van der Waals surface area contributed by atoms with Crippen LogP contribution in [0.2, 0.25) is 0 Å². The Labute approximate surface area is 157 Å². The van der Waals surface area contributed by atoms with Crippen molar-refractivity contribution < 1.29 is 17.9 Å². The second kappa shape index (κ2) is 7.67. The van der Waals surface area contributed by atoms with Crippen LogP contribution in [0.5, 0.6) is 5.75 Å². The highest BCUT2D eigenvalue weighted by Gasteiger charge is 2.22. The van der Waals surface area contributed by atoms with E-state index in [0.717, 1.165) is 47.7 Å². The number of anilines is 1. The number of likely N-dealkylation sites (tertiary alicyclic amines) is 1. The van der Waals surface area contributed by atoms with Crippen molar-refractivity contribution in [3.63, 3.8) is 0 Å². The molecule has 0 aliphatic carbocycles. The topological polar surface area (TPSA) is 75.7 Å². The number of carbonyl (C=O) groups excluding carboxylic acids is 1. The minimum atomic E-state index is -3.73. The van der Waals surface area contributed by atoms with Crippen LogP contribution in [0.4, 0.5) is 5.69 Å². The molecular formula is C18H22N2O4S2. The van der Waals surface area contributed by atoms with Crippen molar-refractivity contribution >= 4 is 33.0 Å². The Morgan fingerprint density at radius 1 is 1.23 bits per heavy atom. The summed E-state index contributed by atoms with van der Waals surface area (Å²) in [5, 5.41) is 0. The molecule has 2 aromatic rings. The maximum atomic E-state index is 12.7. The zero-order valence-corrected chi connectivity index (χ0v) is 16.5. The van der Waals surface area contributed by atoms with E-state index < -0.39 is 10.0 Å². The first kappa shape index (κ1) is 18.7. The zero-order valence-electron chi connectivity index (χ0n) is 14.8. The number of benzene rings is 1. The summed E-state index contributed by atoms with van der Waals surface area (Å²) in [6, 6.07) is 8.55. The molecule has 0 bridgehead atoms. The van der Waals surface area contributed by atoms with Crippen molar-refractivity contribution in [1.82, 2.24) is 4.90 Å². The Balaban J connectivity index is 1.75. The third-order valence-electron chi connectivity index (χ3n) is 4.29. The average Bonchev–Trinajstić information content (AvgIpc) is 3.26. The van der Waals surface area contributed by atoms with Gasteiger partial charge in [-0.3, -0.25) is 9.52 Å². The molecule has 0 unspecified atom stereocenters. The van der Waals surface area contributed by atoms with Crippen LogP contribution in [0.1, 0.15) is 23.3 Å². The highest BCUT2D eigenvalue weighted by atomic mass is 32.2. The van der Waals surface area contributed by atoms with Crippen LogP contribution in [-0.4, -0.2) is 39.4 Å². The number of sulfonamides is 1. The summed E-state index contributed by atoms with van der Waals surface area (Å²) >= 11 is 1.13. The van der Waals surface area contributed by atoms with Crippen LogP contribution in [-0.2, 0) is 21.2 Å². The van der Waals surface area contributed by atoms with Gasteiger partial charge in [-0.2, -0.15) is 0 Å². The summed E-state index contributed by atoms with van der Waals surface area (Å²) in [4.78, 5) is 14.8. The largest absolute Gasteiger partial charge is 0.495 e. The van der Waals surface area contributed by atoms with Gasteiger partial charge in [0.15, 0.2) is 0 Å². The smallest absolute Gasteiger partial charge is 0.271 e. The standard InChI is InChI=1S/C18H22N2O4S2/c1-13-5-7-16(24-2)15(11-13)19-26(22,23)18-8-6-14(25-18)12-17(21)20-9-3-4-10-20/h5-8,11,19H,3-4,9-10,12H2,1-2H3. The second-order valence-corrected chi connectivity index (χ2v) is 9.37. The number of aryl methyl sites for hydroxylation is 1. The van der Waals surface area contributed by atoms with Crippen molar-refractivity contribution in [3.05, 3.63) is 40.8 Å². The normalized spacial score (nSPS) is 14.5. The van der Waals surface area contributed by atoms with Gasteiger partial charge in [0.1, 0.15) is 9.96 Å². The van der Waals surface area contributed by atoms with Crippen LogP contribution >= 0.6 is 11.3 Å². The third kappa shape index (κ3) is 4.19. The number of hydrogen-bond acceptors (Lipinski definition) is 5. The predicted octanol–water partition coefficient (Wildman–Crippen LogP) is 3.03. The van der Waals surface area contributed by atoms with Gasteiger partial charge in [-0.1, -0.05) is 6.07 Å². The first-order valence-electron chi connectivity index (χ1n) is 8.43. The van der Waals surface area contributed by atoms with E-state index in [2.05, 4.69) is 4.72 Å². The van der Waals surface area contributed by atoms with Gasteiger partial charge >= 0.3 is 0 Å². The molecule has 1 amide bonds. The van der Waals surface area contributed by atoms with Crippen molar-refractivity contribution in [2.45, 2.75) is 30.4 Å². The Bertz CT molecular complexity index is 900. The molecule has 0 radical (unpaired) electrons. The van der Waals surface area contributed by atoms with Crippen molar-refractivity contribution in [2.24, 2.45) is 0 Å². The van der Waals surface area contributed by atoms with E-state index in [9.17, 15) is 13.2 Å². The lowest BCUT2D eigenvalue weighted by Gasteiger charge is -2.14. The molecule has 3 rings (SSSR count). The summed E-state index contributed by atoms with van der Waals surface area (Å²) in [5.74, 6) is 0.516. The number of rotatable bonds is 6. The number of hydrogen-bond donors (Lipinski definition) is 1. The molecule has 1 aliphatic rings. The van der Waals surface area contributed by atoms with Crippen LogP contribution < -0.4 is 9.46 Å². The van der Waals surface area contributed by atoms with E-state index in [0.29, 0.717) is 11.4 Å². The second-order valence-electron chi connectivity index (χ2n) is 6.29. The molecule has 2 heterocycles. The van der Waals surface area contributed by atoms with E-state index in [1.807, 2.05) is 17.9 Å². The maximum absolute atomic E-state index is 12.7. The third-order valence-corrected chi connectivity index (χ3v) is 7.23. The van der Waals surface area contributed by atoms with Crippen molar-refractivity contribution in [3.8, 4) is 5.75 Å². The van der Waals surface area contributed by atoms with E-state index in [-0.39, 0.29) is 16.5 Å². The fourth-order valence-corrected chi connectivity index (χ4v) is 5.33. The number of amides is 1. The van der Waals surface area contributed by atoms with Gasteiger partial charge in [0.2, 0.25) is 5.91 Å². The molecule has 140 valence electrons. The summed E-state index contributed by atoms with van der Waals surface area (Å²) in [5.41, 5.74) is 1.32. The molecule has 6 nitrogen and oxygen atoms in total. The monoisotopic (exact) mass is 394 g/mol. The molecule has 0 spiro atoms. The highest BCUT2D eigenvalue weighted by Crippen LogP contribution is 2.30. The van der Waals surface area contributed by atoms with E-state index in [1.54, 1.807) is 24.3 Å². The van der Waals surface area contributed by atoms with Gasteiger partial charge in [0, 0.05) is 18.0 Å². The van der Waals surface area contributed by atoms with Crippen LogP contribution in [0.3, 0.4) is 0 Å². The quantitative estimate of drug-likeness (QED) is 0.817. The van der Waals surface area contributed by atoms with Gasteiger partial charge < -0.3 is 9.64 Å². The van der Waals surface area contributed by atoms with E-state index in [1.165, 1.54) is 7.11 Å². The zero-order chi connectivity index (χ0) is 18.7. The number of nitrogens with one attached hydrogen (secondary N) is 1. The molecule has 0 saturated carbocycles. The molecular weight excluding hydrogens is 372 g/mol. The van der Waals surface area contributed by atoms with E-state index >= 15 is 0 Å². The Morgan fingerprint density at radius 3 is 2.65 bits per heavy atom. The summed E-state index contributed by atoms with van der Waals surface area (Å²) < 4.78 is 33.4. The molecule has 8 heteroatoms. The number of thiophene rings is 1. The van der Waals surface area contributed by atoms with Crippen molar-refractivity contribution in [2.75, 3.05) is 24.9 Å². The Hall–Kier alpha value is -2.06. The highest BCUT2D eigenvalue weighted by molar-refractivity contribution is 7.94.